The minimum atomic E-state index is 1.01. The molecular weight excluding hydrogens is 172 g/mol. The van der Waals surface area contributed by atoms with Crippen LogP contribution in [0.3, 0.4) is 0 Å². The smallest absolute Gasteiger partial charge is 0.0671 e. The van der Waals surface area contributed by atoms with E-state index in [9.17, 15) is 0 Å². The highest BCUT2D eigenvalue weighted by Gasteiger charge is 2.11. The molecule has 0 unspecified atom stereocenters. The number of aryl methyl sites for hydroxylation is 2. The van der Waals surface area contributed by atoms with E-state index in [-0.39, 0.29) is 0 Å². The molecule has 14 heavy (non-hydrogen) atoms. The molecular formula is C12H18N2. The Morgan fingerprint density at radius 2 is 2.14 bits per heavy atom. The molecule has 0 radical (unpaired) electrons. The van der Waals surface area contributed by atoms with Gasteiger partial charge < -0.3 is 0 Å². The average Bonchev–Trinajstić information content (AvgIpc) is 2.39. The van der Waals surface area contributed by atoms with E-state index in [2.05, 4.69) is 38.5 Å². The van der Waals surface area contributed by atoms with Crippen molar-refractivity contribution in [3.05, 3.63) is 35.7 Å². The first-order valence-electron chi connectivity index (χ1n) is 4.94. The second-order valence-electron chi connectivity index (χ2n) is 3.45. The molecule has 0 bridgehead atoms. The van der Waals surface area contributed by atoms with Crippen molar-refractivity contribution in [1.29, 1.82) is 0 Å². The summed E-state index contributed by atoms with van der Waals surface area (Å²) >= 11 is 0. The SMILES string of the molecule is C=C/C=C(/CC)c1c(C)nn(C)c1C. The zero-order valence-electron chi connectivity index (χ0n) is 9.46. The summed E-state index contributed by atoms with van der Waals surface area (Å²) in [7, 11) is 1.98. The molecule has 1 rings (SSSR count). The molecule has 0 fully saturated rings. The van der Waals surface area contributed by atoms with Crippen molar-refractivity contribution in [2.45, 2.75) is 27.2 Å². The molecule has 0 amide bonds. The van der Waals surface area contributed by atoms with Crippen molar-refractivity contribution < 1.29 is 0 Å². The number of rotatable bonds is 3. The van der Waals surface area contributed by atoms with E-state index >= 15 is 0 Å². The molecule has 0 saturated carbocycles. The molecule has 0 spiro atoms. The Balaban J connectivity index is 3.29. The highest BCUT2D eigenvalue weighted by molar-refractivity contribution is 5.70. The zero-order valence-corrected chi connectivity index (χ0v) is 9.46. The summed E-state index contributed by atoms with van der Waals surface area (Å²) in [6, 6.07) is 0. The molecule has 1 aromatic rings. The van der Waals surface area contributed by atoms with Crippen molar-refractivity contribution in [2.75, 3.05) is 0 Å². The largest absolute Gasteiger partial charge is 0.272 e. The summed E-state index contributed by atoms with van der Waals surface area (Å²) in [5.74, 6) is 0. The van der Waals surface area contributed by atoms with Gasteiger partial charge in [-0.2, -0.15) is 5.10 Å². The van der Waals surface area contributed by atoms with Gasteiger partial charge in [-0.15, -0.1) is 0 Å². The van der Waals surface area contributed by atoms with Crippen LogP contribution in [-0.4, -0.2) is 9.78 Å². The Morgan fingerprint density at radius 3 is 2.50 bits per heavy atom. The minimum Gasteiger partial charge on any atom is -0.272 e. The monoisotopic (exact) mass is 190 g/mol. The van der Waals surface area contributed by atoms with Gasteiger partial charge in [-0.05, 0) is 25.8 Å². The van der Waals surface area contributed by atoms with Gasteiger partial charge in [-0.3, -0.25) is 4.68 Å². The number of hydrogen-bond acceptors (Lipinski definition) is 1. The molecule has 1 aromatic heterocycles. The fourth-order valence-corrected chi connectivity index (χ4v) is 1.76. The van der Waals surface area contributed by atoms with Gasteiger partial charge in [0.2, 0.25) is 0 Å². The molecule has 0 atom stereocenters. The van der Waals surface area contributed by atoms with Gasteiger partial charge in [0.15, 0.2) is 0 Å². The van der Waals surface area contributed by atoms with Crippen LogP contribution in [0.1, 0.15) is 30.3 Å². The molecule has 0 aromatic carbocycles. The topological polar surface area (TPSA) is 17.8 Å². The maximum Gasteiger partial charge on any atom is 0.0671 e. The van der Waals surface area contributed by atoms with Crippen LogP contribution in [0.25, 0.3) is 5.57 Å². The minimum absolute atomic E-state index is 1.01. The number of hydrogen-bond donors (Lipinski definition) is 0. The van der Waals surface area contributed by atoms with Crippen LogP contribution < -0.4 is 0 Å². The second-order valence-corrected chi connectivity index (χ2v) is 3.45. The van der Waals surface area contributed by atoms with Crippen LogP contribution in [0.4, 0.5) is 0 Å². The van der Waals surface area contributed by atoms with Crippen molar-refractivity contribution in [2.24, 2.45) is 7.05 Å². The van der Waals surface area contributed by atoms with Crippen LogP contribution in [0.5, 0.6) is 0 Å². The Hall–Kier alpha value is -1.31. The Labute approximate surface area is 85.9 Å². The summed E-state index contributed by atoms with van der Waals surface area (Å²) in [5.41, 5.74) is 4.90. The van der Waals surface area contributed by atoms with Crippen molar-refractivity contribution in [3.8, 4) is 0 Å². The highest BCUT2D eigenvalue weighted by Crippen LogP contribution is 2.24. The van der Waals surface area contributed by atoms with E-state index in [1.54, 1.807) is 0 Å². The fraction of sp³-hybridized carbons (Fsp3) is 0.417. The lowest BCUT2D eigenvalue weighted by molar-refractivity contribution is 0.731. The first-order valence-corrected chi connectivity index (χ1v) is 4.94. The first-order chi connectivity index (χ1) is 6.61. The maximum absolute atomic E-state index is 4.40. The van der Waals surface area contributed by atoms with Gasteiger partial charge in [-0.25, -0.2) is 0 Å². The van der Waals surface area contributed by atoms with Crippen molar-refractivity contribution in [1.82, 2.24) is 9.78 Å². The molecule has 2 nitrogen and oxygen atoms in total. The Morgan fingerprint density at radius 1 is 1.50 bits per heavy atom. The van der Waals surface area contributed by atoms with E-state index in [1.165, 1.54) is 16.8 Å². The number of nitrogens with zero attached hydrogens (tertiary/aromatic N) is 2. The zero-order chi connectivity index (χ0) is 10.7. The molecule has 76 valence electrons. The number of allylic oxidation sites excluding steroid dienone is 3. The molecule has 0 saturated heterocycles. The second kappa shape index (κ2) is 4.27. The van der Waals surface area contributed by atoms with Crippen LogP contribution in [-0.2, 0) is 7.05 Å². The van der Waals surface area contributed by atoms with Crippen molar-refractivity contribution >= 4 is 5.57 Å². The van der Waals surface area contributed by atoms with Gasteiger partial charge in [0.05, 0.1) is 5.69 Å². The van der Waals surface area contributed by atoms with E-state index in [0.717, 1.165) is 12.1 Å². The van der Waals surface area contributed by atoms with E-state index in [4.69, 9.17) is 0 Å². The normalized spacial score (nSPS) is 11.9. The van der Waals surface area contributed by atoms with E-state index in [0.29, 0.717) is 0 Å². The van der Waals surface area contributed by atoms with Crippen LogP contribution in [0, 0.1) is 13.8 Å². The molecule has 0 N–H and O–H groups in total. The Bertz CT molecular complexity index is 370. The summed E-state index contributed by atoms with van der Waals surface area (Å²) in [5, 5.41) is 4.40. The van der Waals surface area contributed by atoms with Gasteiger partial charge in [0.1, 0.15) is 0 Å². The summed E-state index contributed by atoms with van der Waals surface area (Å²) < 4.78 is 1.93. The van der Waals surface area contributed by atoms with Gasteiger partial charge in [-0.1, -0.05) is 25.7 Å². The standard InChI is InChI=1S/C12H18N2/c1-6-8-11(7-2)12-9(3)13-14(5)10(12)4/h6,8H,1,7H2,2-5H3/b11-8-. The lowest BCUT2D eigenvalue weighted by atomic mass is 10.0. The molecule has 0 aliphatic heterocycles. The first kappa shape index (κ1) is 10.8. The summed E-state index contributed by atoms with van der Waals surface area (Å²) in [4.78, 5) is 0. The van der Waals surface area contributed by atoms with Crippen LogP contribution >= 0.6 is 0 Å². The molecule has 0 aliphatic rings. The third-order valence-electron chi connectivity index (χ3n) is 2.53. The molecule has 0 aliphatic carbocycles. The van der Waals surface area contributed by atoms with Gasteiger partial charge in [0, 0.05) is 18.3 Å². The maximum atomic E-state index is 4.40. The third kappa shape index (κ3) is 1.79. The van der Waals surface area contributed by atoms with Gasteiger partial charge >= 0.3 is 0 Å². The van der Waals surface area contributed by atoms with Crippen LogP contribution in [0.2, 0.25) is 0 Å². The average molecular weight is 190 g/mol. The summed E-state index contributed by atoms with van der Waals surface area (Å²) in [6.07, 6.45) is 4.92. The number of aromatic nitrogens is 2. The highest BCUT2D eigenvalue weighted by atomic mass is 15.3. The Kier molecular flexibility index (Phi) is 3.28. The predicted octanol–water partition coefficient (Wildman–Crippen LogP) is 3.02. The van der Waals surface area contributed by atoms with Gasteiger partial charge in [0.25, 0.3) is 0 Å². The summed E-state index contributed by atoms with van der Waals surface area (Å²) in [6.45, 7) is 10.0. The van der Waals surface area contributed by atoms with E-state index in [1.807, 2.05) is 17.8 Å². The quantitative estimate of drug-likeness (QED) is 0.670. The third-order valence-corrected chi connectivity index (χ3v) is 2.53. The van der Waals surface area contributed by atoms with Crippen LogP contribution in [0.15, 0.2) is 18.7 Å². The van der Waals surface area contributed by atoms with Crippen molar-refractivity contribution in [3.63, 3.8) is 0 Å². The molecule has 1 heterocycles. The molecule has 2 heteroatoms. The predicted molar refractivity (Wildman–Crippen MR) is 61.1 cm³/mol. The fourth-order valence-electron chi connectivity index (χ4n) is 1.76. The lowest BCUT2D eigenvalue weighted by Gasteiger charge is -2.04. The van der Waals surface area contributed by atoms with E-state index < -0.39 is 0 Å². The lowest BCUT2D eigenvalue weighted by Crippen LogP contribution is -1.93.